The van der Waals surface area contributed by atoms with Gasteiger partial charge in [0.25, 0.3) is 0 Å². The van der Waals surface area contributed by atoms with Crippen molar-refractivity contribution in [1.82, 2.24) is 24.8 Å². The number of hydrogen-bond acceptors (Lipinski definition) is 11. The van der Waals surface area contributed by atoms with Crippen LogP contribution >= 0.6 is 23.2 Å². The van der Waals surface area contributed by atoms with Gasteiger partial charge in [-0.3, -0.25) is 9.69 Å². The highest BCUT2D eigenvalue weighted by Crippen LogP contribution is 2.41. The zero-order valence-corrected chi connectivity index (χ0v) is 25.9. The number of fused-ring (bicyclic) bond motifs is 1. The summed E-state index contributed by atoms with van der Waals surface area (Å²) in [6.45, 7) is 7.13. The van der Waals surface area contributed by atoms with Crippen LogP contribution in [-0.2, 0) is 9.53 Å². The molecule has 2 saturated heterocycles. The van der Waals surface area contributed by atoms with Gasteiger partial charge < -0.3 is 35.2 Å². The fourth-order valence-corrected chi connectivity index (χ4v) is 5.73. The number of methoxy groups -OCH3 is 1. The van der Waals surface area contributed by atoms with E-state index in [0.717, 1.165) is 12.3 Å². The molecule has 2 atom stereocenters. The van der Waals surface area contributed by atoms with Gasteiger partial charge in [0.05, 0.1) is 10.9 Å². The van der Waals surface area contributed by atoms with Gasteiger partial charge in [-0.25, -0.2) is 4.39 Å². The Morgan fingerprint density at radius 1 is 1.22 bits per heavy atom. The van der Waals surface area contributed by atoms with Gasteiger partial charge in [-0.15, -0.1) is 12.3 Å². The number of rotatable bonds is 10. The zero-order chi connectivity index (χ0) is 32.2. The number of nitrogen functional groups attached to an aromatic ring is 1. The number of nitrogens with two attached hydrogens (primary N) is 1. The monoisotopic (exact) mass is 656 g/mol. The number of hydrogen-bond donors (Lipinski definition) is 2. The molecule has 3 aromatic rings. The largest absolute Gasteiger partial charge is 0.456 e. The maximum Gasteiger partial charge on any atom is 0.319 e. The molecule has 2 aliphatic heterocycles. The number of terminal acetylenes is 1. The van der Waals surface area contributed by atoms with Crippen molar-refractivity contribution in [3.63, 3.8) is 0 Å². The van der Waals surface area contributed by atoms with Crippen molar-refractivity contribution >= 4 is 57.7 Å². The van der Waals surface area contributed by atoms with Crippen molar-refractivity contribution in [2.45, 2.75) is 18.6 Å². The average molecular weight is 658 g/mol. The molecule has 0 bridgehead atoms. The van der Waals surface area contributed by atoms with Gasteiger partial charge in [0, 0.05) is 71.2 Å². The van der Waals surface area contributed by atoms with Crippen molar-refractivity contribution in [3.8, 4) is 30.0 Å². The van der Waals surface area contributed by atoms with E-state index in [9.17, 15) is 9.18 Å². The Labute approximate surface area is 269 Å². The van der Waals surface area contributed by atoms with Gasteiger partial charge in [0.15, 0.2) is 5.75 Å². The Kier molecular flexibility index (Phi) is 9.89. The molecule has 1 amide bonds. The van der Waals surface area contributed by atoms with Crippen molar-refractivity contribution in [3.05, 3.63) is 46.3 Å². The van der Waals surface area contributed by atoms with Gasteiger partial charge in [-0.1, -0.05) is 29.8 Å². The fraction of sp³-hybridized carbons (Fsp3) is 0.367. The smallest absolute Gasteiger partial charge is 0.319 e. The van der Waals surface area contributed by atoms with E-state index in [2.05, 4.69) is 27.4 Å². The summed E-state index contributed by atoms with van der Waals surface area (Å²) < 4.78 is 32.7. The number of likely N-dealkylation sites (tertiary alicyclic amines) is 1. The Balaban J connectivity index is 1.60. The highest BCUT2D eigenvalue weighted by Gasteiger charge is 2.35. The molecular weight excluding hydrogens is 626 g/mol. The van der Waals surface area contributed by atoms with E-state index in [1.54, 1.807) is 18.1 Å². The third-order valence-corrected chi connectivity index (χ3v) is 8.20. The van der Waals surface area contributed by atoms with Crippen molar-refractivity contribution in [1.29, 1.82) is 5.41 Å². The SMILES string of the molecule is C#CCCN1C[C@@H](OC)[C@H](Oc2nc(N3CCN(C(=O)C=C)CC3)c3cc(Cl)nc(Oc4c(Cl)c(F)cc(N)c4C=N)c3n2)C1. The summed E-state index contributed by atoms with van der Waals surface area (Å²) in [5.74, 6) is 1.75. The van der Waals surface area contributed by atoms with E-state index < -0.39 is 16.9 Å². The molecule has 1 aromatic carbocycles. The lowest BCUT2D eigenvalue weighted by Crippen LogP contribution is -2.48. The van der Waals surface area contributed by atoms with Crippen LogP contribution in [0, 0.1) is 23.6 Å². The van der Waals surface area contributed by atoms with Crippen LogP contribution in [0.2, 0.25) is 10.2 Å². The van der Waals surface area contributed by atoms with Crippen LogP contribution in [0.25, 0.3) is 10.9 Å². The molecule has 0 unspecified atom stereocenters. The van der Waals surface area contributed by atoms with Crippen LogP contribution in [0.5, 0.6) is 17.6 Å². The van der Waals surface area contributed by atoms with Gasteiger partial charge in [0.1, 0.15) is 39.5 Å². The predicted molar refractivity (Wildman–Crippen MR) is 170 cm³/mol. The molecule has 2 fully saturated rings. The molecule has 45 heavy (non-hydrogen) atoms. The topological polar surface area (TPSA) is 143 Å². The summed E-state index contributed by atoms with van der Waals surface area (Å²) in [5.41, 5.74) is 6.14. The number of pyridine rings is 1. The molecule has 236 valence electrons. The van der Waals surface area contributed by atoms with E-state index in [-0.39, 0.29) is 51.6 Å². The molecule has 3 N–H and O–H groups in total. The van der Waals surface area contributed by atoms with Gasteiger partial charge >= 0.3 is 6.01 Å². The summed E-state index contributed by atoms with van der Waals surface area (Å²) in [6.07, 6.45) is 7.53. The highest BCUT2D eigenvalue weighted by molar-refractivity contribution is 6.33. The third kappa shape index (κ3) is 6.74. The number of nitrogens with zero attached hydrogens (tertiary/aromatic N) is 6. The standard InChI is InChI=1S/C30H31Cl2FN8O4/c1-4-6-7-39-15-21(43-3)22(16-39)44-30-37-26-17(28(38-30)41-10-8-40(9-11-41)24(42)5-2)12-23(31)36-29(26)45-27-18(14-34)20(35)13-19(33)25(27)32/h1,5,12-14,21-22,34H,2,6-11,15-16,35H2,3H3/t21-,22-/m1/s1. The predicted octanol–water partition coefficient (Wildman–Crippen LogP) is 3.78. The first kappa shape index (κ1) is 32.2. The summed E-state index contributed by atoms with van der Waals surface area (Å²) in [4.78, 5) is 31.8. The minimum absolute atomic E-state index is 0.0130. The molecule has 0 spiro atoms. The van der Waals surface area contributed by atoms with E-state index in [1.807, 2.05) is 4.90 Å². The number of carbonyl (C=O) groups excluding carboxylic acids is 1. The molecule has 12 nitrogen and oxygen atoms in total. The van der Waals surface area contributed by atoms with Crippen LogP contribution < -0.4 is 20.1 Å². The lowest BCUT2D eigenvalue weighted by Gasteiger charge is -2.35. The molecule has 5 rings (SSSR count). The maximum absolute atomic E-state index is 14.6. The quantitative estimate of drug-likeness (QED) is 0.109. The second kappa shape index (κ2) is 13.8. The van der Waals surface area contributed by atoms with Gasteiger partial charge in [-0.05, 0) is 18.2 Å². The second-order valence-corrected chi connectivity index (χ2v) is 11.2. The third-order valence-electron chi connectivity index (χ3n) is 7.66. The second-order valence-electron chi connectivity index (χ2n) is 10.4. The van der Waals surface area contributed by atoms with Crippen LogP contribution in [-0.4, -0.2) is 102 Å². The first-order valence-corrected chi connectivity index (χ1v) is 14.8. The molecule has 2 aliphatic rings. The Morgan fingerprint density at radius 3 is 2.62 bits per heavy atom. The van der Waals surface area contributed by atoms with Crippen molar-refractivity contribution in [2.75, 3.05) is 63.6 Å². The Morgan fingerprint density at radius 2 is 1.96 bits per heavy atom. The minimum Gasteiger partial charge on any atom is -0.456 e. The number of ether oxygens (including phenoxy) is 3. The summed E-state index contributed by atoms with van der Waals surface area (Å²) >= 11 is 12.7. The number of amides is 1. The van der Waals surface area contributed by atoms with Gasteiger partial charge in [0.2, 0.25) is 11.8 Å². The lowest BCUT2D eigenvalue weighted by atomic mass is 10.1. The van der Waals surface area contributed by atoms with E-state index in [1.165, 1.54) is 6.08 Å². The van der Waals surface area contributed by atoms with Crippen LogP contribution in [0.15, 0.2) is 24.8 Å². The number of halogens is 3. The Hall–Kier alpha value is -4.22. The number of carbonyl (C=O) groups is 1. The number of anilines is 2. The highest BCUT2D eigenvalue weighted by atomic mass is 35.5. The average Bonchev–Trinajstić information content (AvgIpc) is 3.43. The number of aromatic nitrogens is 3. The van der Waals surface area contributed by atoms with Crippen molar-refractivity contribution < 1.29 is 23.4 Å². The van der Waals surface area contributed by atoms with Crippen LogP contribution in [0.4, 0.5) is 15.9 Å². The molecule has 0 saturated carbocycles. The van der Waals surface area contributed by atoms with E-state index in [4.69, 9.17) is 60.0 Å². The van der Waals surface area contributed by atoms with Crippen molar-refractivity contribution in [2.24, 2.45) is 0 Å². The molecule has 0 radical (unpaired) electrons. The van der Waals surface area contributed by atoms with E-state index >= 15 is 0 Å². The maximum atomic E-state index is 14.6. The van der Waals surface area contributed by atoms with Crippen LogP contribution in [0.1, 0.15) is 12.0 Å². The molecule has 15 heteroatoms. The first-order chi connectivity index (χ1) is 21.7. The van der Waals surface area contributed by atoms with Crippen LogP contribution in [0.3, 0.4) is 0 Å². The molecule has 0 aliphatic carbocycles. The first-order valence-electron chi connectivity index (χ1n) is 14.0. The number of piperazine rings is 1. The number of benzene rings is 1. The molecule has 2 aromatic heterocycles. The normalized spacial score (nSPS) is 18.6. The fourth-order valence-electron chi connectivity index (χ4n) is 5.35. The number of nitrogens with one attached hydrogen (secondary N) is 1. The van der Waals surface area contributed by atoms with E-state index in [0.29, 0.717) is 63.4 Å². The summed E-state index contributed by atoms with van der Waals surface area (Å²) in [5, 5.41) is 7.92. The molecular formula is C30H31Cl2FN8O4. The minimum atomic E-state index is -0.839. The zero-order valence-electron chi connectivity index (χ0n) is 24.4. The summed E-state index contributed by atoms with van der Waals surface area (Å²) in [6, 6.07) is 2.60. The van der Waals surface area contributed by atoms with Gasteiger partial charge in [-0.2, -0.15) is 15.0 Å². The summed E-state index contributed by atoms with van der Waals surface area (Å²) in [7, 11) is 1.61. The lowest BCUT2D eigenvalue weighted by molar-refractivity contribution is -0.126. The Bertz CT molecular complexity index is 1680. The molecule has 4 heterocycles.